The van der Waals surface area contributed by atoms with Gasteiger partial charge in [0.1, 0.15) is 6.07 Å². The Labute approximate surface area is 204 Å². The lowest BCUT2D eigenvalue weighted by atomic mass is 10.0. The van der Waals surface area contributed by atoms with E-state index in [9.17, 15) is 10.4 Å². The number of halogens is 1. The molecule has 5 rings (SSSR count). The van der Waals surface area contributed by atoms with Crippen LogP contribution in [0.2, 0.25) is 5.02 Å². The van der Waals surface area contributed by atoms with Gasteiger partial charge in [-0.3, -0.25) is 4.98 Å². The molecule has 168 valence electrons. The lowest BCUT2D eigenvalue weighted by Crippen LogP contribution is -1.97. The molecule has 0 bridgehead atoms. The molecule has 2 heterocycles. The van der Waals surface area contributed by atoms with Gasteiger partial charge in [0.25, 0.3) is 0 Å². The summed E-state index contributed by atoms with van der Waals surface area (Å²) < 4.78 is 7.14. The molecule has 3 aromatic carbocycles. The Morgan fingerprint density at radius 1 is 1.15 bits per heavy atom. The Bertz CT molecular complexity index is 1610. The van der Waals surface area contributed by atoms with Crippen LogP contribution >= 0.6 is 23.4 Å². The third kappa shape index (κ3) is 3.85. The molecule has 0 unspecified atom stereocenters. The maximum Gasteiger partial charge on any atom is 0.172 e. The van der Waals surface area contributed by atoms with E-state index in [1.165, 1.54) is 25.1 Å². The predicted octanol–water partition coefficient (Wildman–Crippen LogP) is 6.26. The average Bonchev–Trinajstić information content (AvgIpc) is 3.24. The van der Waals surface area contributed by atoms with Crippen LogP contribution in [-0.2, 0) is 7.05 Å². The number of aromatic nitrogens is 3. The van der Waals surface area contributed by atoms with E-state index < -0.39 is 0 Å². The molecule has 9 heteroatoms. The van der Waals surface area contributed by atoms with Gasteiger partial charge in [0.2, 0.25) is 0 Å². The molecule has 0 aliphatic rings. The van der Waals surface area contributed by atoms with Crippen molar-refractivity contribution in [2.45, 2.75) is 10.1 Å². The van der Waals surface area contributed by atoms with Crippen molar-refractivity contribution in [3.63, 3.8) is 0 Å². The summed E-state index contributed by atoms with van der Waals surface area (Å²) in [6.07, 6.45) is 5.13. The van der Waals surface area contributed by atoms with E-state index in [2.05, 4.69) is 21.4 Å². The third-order valence-electron chi connectivity index (χ3n) is 5.46. The summed E-state index contributed by atoms with van der Waals surface area (Å²) in [5, 5.41) is 27.2. The molecule has 5 aromatic rings. The van der Waals surface area contributed by atoms with Crippen LogP contribution in [0, 0.1) is 11.3 Å². The molecule has 0 atom stereocenters. The maximum atomic E-state index is 10.5. The van der Waals surface area contributed by atoms with E-state index in [0.717, 1.165) is 26.5 Å². The number of nitrogens with one attached hydrogen (secondary N) is 1. The van der Waals surface area contributed by atoms with Crippen molar-refractivity contribution in [1.29, 1.82) is 5.26 Å². The van der Waals surface area contributed by atoms with Crippen LogP contribution < -0.4 is 10.1 Å². The summed E-state index contributed by atoms with van der Waals surface area (Å²) in [5.41, 5.74) is 2.37. The lowest BCUT2D eigenvalue weighted by molar-refractivity contribution is 0.376. The summed E-state index contributed by atoms with van der Waals surface area (Å²) in [6, 6.07) is 15.1. The monoisotopic (exact) mass is 487 g/mol. The number of pyridine rings is 1. The molecule has 0 fully saturated rings. The van der Waals surface area contributed by atoms with Gasteiger partial charge in [0.15, 0.2) is 16.7 Å². The maximum absolute atomic E-state index is 10.5. The first kappa shape index (κ1) is 21.9. The van der Waals surface area contributed by atoms with Crippen molar-refractivity contribution < 1.29 is 9.84 Å². The molecule has 7 nitrogen and oxygen atoms in total. The van der Waals surface area contributed by atoms with Gasteiger partial charge in [-0.1, -0.05) is 29.4 Å². The molecule has 0 spiro atoms. The predicted molar refractivity (Wildman–Crippen MR) is 134 cm³/mol. The highest BCUT2D eigenvalue weighted by molar-refractivity contribution is 7.99. The van der Waals surface area contributed by atoms with E-state index in [1.54, 1.807) is 18.3 Å². The summed E-state index contributed by atoms with van der Waals surface area (Å²) in [6.45, 7) is 0. The second-order valence-corrected chi connectivity index (χ2v) is 8.97. The zero-order valence-electron chi connectivity index (χ0n) is 18.2. The Morgan fingerprint density at radius 2 is 2.00 bits per heavy atom. The van der Waals surface area contributed by atoms with E-state index >= 15 is 0 Å². The minimum atomic E-state index is 0.0511. The fourth-order valence-corrected chi connectivity index (χ4v) is 4.82. The van der Waals surface area contributed by atoms with Crippen molar-refractivity contribution in [3.05, 3.63) is 71.6 Å². The molecule has 0 aliphatic carbocycles. The number of hydrogen-bond donors (Lipinski definition) is 2. The second kappa shape index (κ2) is 8.78. The summed E-state index contributed by atoms with van der Waals surface area (Å²) in [7, 11) is 3.43. The van der Waals surface area contributed by atoms with Crippen LogP contribution in [-0.4, -0.2) is 26.8 Å². The zero-order valence-corrected chi connectivity index (χ0v) is 19.8. The molecule has 2 N–H and O–H groups in total. The first-order valence-corrected chi connectivity index (χ1v) is 11.4. The van der Waals surface area contributed by atoms with Gasteiger partial charge < -0.3 is 19.7 Å². The number of nitrogens with zero attached hydrogens (tertiary/aromatic N) is 4. The lowest BCUT2D eigenvalue weighted by Gasteiger charge is -2.14. The number of hydrogen-bond acceptors (Lipinski definition) is 7. The van der Waals surface area contributed by atoms with Gasteiger partial charge in [0, 0.05) is 47.0 Å². The number of benzene rings is 3. The number of phenols is 1. The van der Waals surface area contributed by atoms with Gasteiger partial charge in [-0.05, 0) is 41.8 Å². The normalized spacial score (nSPS) is 11.0. The van der Waals surface area contributed by atoms with Crippen molar-refractivity contribution >= 4 is 56.4 Å². The van der Waals surface area contributed by atoms with Gasteiger partial charge in [-0.25, -0.2) is 4.98 Å². The fourth-order valence-electron chi connectivity index (χ4n) is 3.71. The van der Waals surface area contributed by atoms with Crippen LogP contribution in [0.3, 0.4) is 0 Å². The minimum absolute atomic E-state index is 0.0511. The van der Waals surface area contributed by atoms with E-state index in [0.29, 0.717) is 32.9 Å². The molecule has 0 amide bonds. The topological polar surface area (TPSA) is 96.0 Å². The molecule has 0 saturated heterocycles. The zero-order chi connectivity index (χ0) is 23.8. The number of phenolic OH excluding ortho intramolecular Hbond substituents is 1. The third-order valence-corrected chi connectivity index (χ3v) is 7.04. The van der Waals surface area contributed by atoms with Crippen molar-refractivity contribution in [2.75, 3.05) is 12.4 Å². The SMILES string of the molecule is COc1ccc2cc3c(Nc4ccc(Sc5nccn5C)c(Cl)c4)c(C#N)cnc3cc2c1O. The number of anilines is 2. The quantitative estimate of drug-likeness (QED) is 0.282. The Kier molecular flexibility index (Phi) is 5.65. The van der Waals surface area contributed by atoms with E-state index in [4.69, 9.17) is 16.3 Å². The molecule has 0 radical (unpaired) electrons. The van der Waals surface area contributed by atoms with Crippen LogP contribution in [0.1, 0.15) is 5.56 Å². The number of imidazole rings is 1. The number of aryl methyl sites for hydroxylation is 1. The van der Waals surface area contributed by atoms with Gasteiger partial charge in [0.05, 0.1) is 28.9 Å². The average molecular weight is 488 g/mol. The van der Waals surface area contributed by atoms with Gasteiger partial charge in [-0.2, -0.15) is 5.26 Å². The number of ether oxygens (including phenoxy) is 1. The van der Waals surface area contributed by atoms with Crippen molar-refractivity contribution in [1.82, 2.24) is 14.5 Å². The van der Waals surface area contributed by atoms with Crippen LogP contribution in [0.15, 0.2) is 71.1 Å². The molecule has 0 saturated carbocycles. The highest BCUT2D eigenvalue weighted by atomic mass is 35.5. The molecular weight excluding hydrogens is 470 g/mol. The molecule has 2 aromatic heterocycles. The van der Waals surface area contributed by atoms with Crippen LogP contribution in [0.5, 0.6) is 11.5 Å². The van der Waals surface area contributed by atoms with Gasteiger partial charge in [-0.15, -0.1) is 0 Å². The second-order valence-electron chi connectivity index (χ2n) is 7.56. The highest BCUT2D eigenvalue weighted by Gasteiger charge is 2.15. The fraction of sp³-hybridized carbons (Fsp3) is 0.0800. The smallest absolute Gasteiger partial charge is 0.172 e. The molecular formula is C25H18ClN5O2S. The number of aromatic hydroxyl groups is 1. The summed E-state index contributed by atoms with van der Waals surface area (Å²) in [4.78, 5) is 9.63. The number of rotatable bonds is 5. The molecule has 34 heavy (non-hydrogen) atoms. The van der Waals surface area contributed by atoms with Crippen molar-refractivity contribution in [2.24, 2.45) is 7.05 Å². The minimum Gasteiger partial charge on any atom is -0.504 e. The number of methoxy groups -OCH3 is 1. The van der Waals surface area contributed by atoms with Crippen LogP contribution in [0.25, 0.3) is 21.7 Å². The highest BCUT2D eigenvalue weighted by Crippen LogP contribution is 2.39. The number of nitriles is 1. The first-order valence-electron chi connectivity index (χ1n) is 10.2. The Hall–Kier alpha value is -3.93. The van der Waals surface area contributed by atoms with E-state index in [1.807, 2.05) is 48.1 Å². The summed E-state index contributed by atoms with van der Waals surface area (Å²) in [5.74, 6) is 0.437. The Balaban J connectivity index is 1.57. The summed E-state index contributed by atoms with van der Waals surface area (Å²) >= 11 is 8.04. The number of fused-ring (bicyclic) bond motifs is 2. The first-order chi connectivity index (χ1) is 16.5. The largest absolute Gasteiger partial charge is 0.504 e. The van der Waals surface area contributed by atoms with Gasteiger partial charge >= 0.3 is 0 Å². The Morgan fingerprint density at radius 3 is 2.71 bits per heavy atom. The standard InChI is InChI=1S/C25H18ClN5O2S/c1-31-8-7-28-25(31)34-22-6-4-16(10-19(22)26)30-23-15(12-27)13-29-20-11-17-14(9-18(20)23)3-5-21(33-2)24(17)32/h3-11,13,32H,1-2H3,(H,29,30). The van der Waals surface area contributed by atoms with Crippen LogP contribution in [0.4, 0.5) is 11.4 Å². The molecule has 0 aliphatic heterocycles. The van der Waals surface area contributed by atoms with Crippen molar-refractivity contribution in [3.8, 4) is 17.6 Å². The van der Waals surface area contributed by atoms with E-state index in [-0.39, 0.29) is 5.75 Å².